The first kappa shape index (κ1) is 19.6. The lowest BCUT2D eigenvalue weighted by molar-refractivity contribution is -0.133. The number of nitrogens with zero attached hydrogens (tertiary/aromatic N) is 4. The third-order valence-electron chi connectivity index (χ3n) is 6.12. The van der Waals surface area contributed by atoms with E-state index in [1.807, 2.05) is 47.4 Å². The molecule has 1 aliphatic heterocycles. The monoisotopic (exact) mass is 418 g/mol. The Hall–Kier alpha value is -3.35. The van der Waals surface area contributed by atoms with Crippen LogP contribution >= 0.6 is 0 Å². The zero-order chi connectivity index (χ0) is 21.0. The number of aromatic nitrogens is 2. The topological polar surface area (TPSA) is 71.7 Å². The summed E-state index contributed by atoms with van der Waals surface area (Å²) in [5, 5.41) is 4.14. The predicted octanol–water partition coefficient (Wildman–Crippen LogP) is 3.73. The molecular formula is C24H26N4O3. The molecule has 0 bridgehead atoms. The van der Waals surface area contributed by atoms with Crippen LogP contribution in [0.1, 0.15) is 31.1 Å². The minimum atomic E-state index is 0.0261. The zero-order valence-corrected chi connectivity index (χ0v) is 17.4. The largest absolute Gasteiger partial charge is 0.484 e. The second-order valence-corrected chi connectivity index (χ2v) is 8.10. The molecule has 1 aromatic heterocycles. The molecule has 1 saturated heterocycles. The fraction of sp³-hybridized carbons (Fsp3) is 0.375. The SMILES string of the molecule is O=C(COc1ccccc1)N1CCN(c2ccc(-c3noc(C4CCC4)n3)cc2)CC1. The van der Waals surface area contributed by atoms with Crippen LogP contribution in [0.5, 0.6) is 5.75 Å². The highest BCUT2D eigenvalue weighted by atomic mass is 16.5. The molecule has 2 heterocycles. The molecule has 0 radical (unpaired) electrons. The molecule has 1 amide bonds. The molecule has 0 N–H and O–H groups in total. The van der Waals surface area contributed by atoms with E-state index in [9.17, 15) is 4.79 Å². The first-order valence-corrected chi connectivity index (χ1v) is 10.9. The minimum absolute atomic E-state index is 0.0261. The fourth-order valence-electron chi connectivity index (χ4n) is 3.96. The van der Waals surface area contributed by atoms with Crippen LogP contribution < -0.4 is 9.64 Å². The molecule has 7 nitrogen and oxygen atoms in total. The maximum absolute atomic E-state index is 12.5. The lowest BCUT2D eigenvalue weighted by atomic mass is 9.85. The lowest BCUT2D eigenvalue weighted by Gasteiger charge is -2.36. The fourth-order valence-corrected chi connectivity index (χ4v) is 3.96. The van der Waals surface area contributed by atoms with Gasteiger partial charge in [0.1, 0.15) is 5.75 Å². The van der Waals surface area contributed by atoms with E-state index < -0.39 is 0 Å². The maximum atomic E-state index is 12.5. The van der Waals surface area contributed by atoms with Crippen LogP contribution in [-0.2, 0) is 4.79 Å². The van der Waals surface area contributed by atoms with Gasteiger partial charge in [-0.1, -0.05) is 29.8 Å². The number of anilines is 1. The highest BCUT2D eigenvalue weighted by Crippen LogP contribution is 2.36. The second kappa shape index (κ2) is 8.79. The first-order valence-electron chi connectivity index (χ1n) is 10.9. The van der Waals surface area contributed by atoms with Crippen LogP contribution in [0.25, 0.3) is 11.4 Å². The summed E-state index contributed by atoms with van der Waals surface area (Å²) in [4.78, 5) is 21.2. The van der Waals surface area contributed by atoms with Crippen LogP contribution in [0.15, 0.2) is 59.1 Å². The number of ether oxygens (including phenoxy) is 1. The van der Waals surface area contributed by atoms with Crippen LogP contribution in [-0.4, -0.2) is 53.7 Å². The summed E-state index contributed by atoms with van der Waals surface area (Å²) in [6.45, 7) is 3.05. The van der Waals surface area contributed by atoms with E-state index in [-0.39, 0.29) is 12.5 Å². The van der Waals surface area contributed by atoms with Crippen molar-refractivity contribution in [1.29, 1.82) is 0 Å². The van der Waals surface area contributed by atoms with Crippen molar-refractivity contribution in [3.8, 4) is 17.1 Å². The molecule has 31 heavy (non-hydrogen) atoms. The van der Waals surface area contributed by atoms with E-state index in [2.05, 4.69) is 27.2 Å². The molecule has 0 spiro atoms. The number of rotatable bonds is 6. The predicted molar refractivity (Wildman–Crippen MR) is 117 cm³/mol. The van der Waals surface area contributed by atoms with Crippen molar-refractivity contribution < 1.29 is 14.1 Å². The van der Waals surface area contributed by atoms with Crippen molar-refractivity contribution in [2.75, 3.05) is 37.7 Å². The molecule has 0 atom stereocenters. The van der Waals surface area contributed by atoms with Gasteiger partial charge in [0, 0.05) is 43.3 Å². The quantitative estimate of drug-likeness (QED) is 0.607. The normalized spacial score (nSPS) is 16.8. The Kier molecular flexibility index (Phi) is 5.56. The van der Waals surface area contributed by atoms with Gasteiger partial charge in [0.2, 0.25) is 11.7 Å². The van der Waals surface area contributed by atoms with Crippen molar-refractivity contribution >= 4 is 11.6 Å². The highest BCUT2D eigenvalue weighted by Gasteiger charge is 2.26. The molecule has 2 aliphatic rings. The van der Waals surface area contributed by atoms with Gasteiger partial charge in [0.15, 0.2) is 6.61 Å². The van der Waals surface area contributed by atoms with E-state index in [4.69, 9.17) is 9.26 Å². The van der Waals surface area contributed by atoms with Crippen molar-refractivity contribution in [3.05, 3.63) is 60.5 Å². The van der Waals surface area contributed by atoms with Gasteiger partial charge in [0.25, 0.3) is 5.91 Å². The Morgan fingerprint density at radius 3 is 2.42 bits per heavy atom. The average molecular weight is 418 g/mol. The van der Waals surface area contributed by atoms with Crippen LogP contribution in [0, 0.1) is 0 Å². The molecule has 2 aromatic carbocycles. The molecule has 0 unspecified atom stereocenters. The Balaban J connectivity index is 1.13. The Morgan fingerprint density at radius 1 is 1.00 bits per heavy atom. The summed E-state index contributed by atoms with van der Waals surface area (Å²) in [5.74, 6) is 2.61. The molecule has 1 saturated carbocycles. The van der Waals surface area contributed by atoms with Gasteiger partial charge < -0.3 is 19.1 Å². The van der Waals surface area contributed by atoms with Crippen molar-refractivity contribution in [3.63, 3.8) is 0 Å². The molecule has 1 aliphatic carbocycles. The summed E-state index contributed by atoms with van der Waals surface area (Å²) in [6, 6.07) is 17.7. The van der Waals surface area contributed by atoms with E-state index in [0.717, 1.165) is 48.8 Å². The number of piperazine rings is 1. The van der Waals surface area contributed by atoms with Gasteiger partial charge in [-0.25, -0.2) is 0 Å². The average Bonchev–Trinajstić information content (AvgIpc) is 3.27. The van der Waals surface area contributed by atoms with Gasteiger partial charge in [-0.15, -0.1) is 0 Å². The summed E-state index contributed by atoms with van der Waals surface area (Å²) in [7, 11) is 0. The zero-order valence-electron chi connectivity index (χ0n) is 17.4. The van der Waals surface area contributed by atoms with Crippen molar-refractivity contribution in [2.24, 2.45) is 0 Å². The van der Waals surface area contributed by atoms with Crippen molar-refractivity contribution in [1.82, 2.24) is 15.0 Å². The standard InChI is InChI=1S/C24H26N4O3/c29-22(17-30-21-7-2-1-3-8-21)28-15-13-27(14-16-28)20-11-9-18(10-12-20)23-25-24(31-26-23)19-5-4-6-19/h1-3,7-12,19H,4-6,13-17H2. The lowest BCUT2D eigenvalue weighted by Crippen LogP contribution is -2.50. The number of amides is 1. The van der Waals surface area contributed by atoms with Crippen LogP contribution in [0.3, 0.4) is 0 Å². The molecule has 3 aromatic rings. The summed E-state index contributed by atoms with van der Waals surface area (Å²) < 4.78 is 11.0. The maximum Gasteiger partial charge on any atom is 0.260 e. The smallest absolute Gasteiger partial charge is 0.260 e. The summed E-state index contributed by atoms with van der Waals surface area (Å²) in [5.41, 5.74) is 2.10. The Labute approximate surface area is 181 Å². The first-order chi connectivity index (χ1) is 15.3. The molecule has 2 fully saturated rings. The summed E-state index contributed by atoms with van der Waals surface area (Å²) >= 11 is 0. The Bertz CT molecular complexity index is 1010. The number of hydrogen-bond donors (Lipinski definition) is 0. The van der Waals surface area contributed by atoms with Gasteiger partial charge in [0.05, 0.1) is 0 Å². The molecule has 5 rings (SSSR count). The third-order valence-corrected chi connectivity index (χ3v) is 6.12. The number of benzene rings is 2. The van der Waals surface area contributed by atoms with Crippen molar-refractivity contribution in [2.45, 2.75) is 25.2 Å². The second-order valence-electron chi connectivity index (χ2n) is 8.10. The molecule has 160 valence electrons. The van der Waals surface area contributed by atoms with Gasteiger partial charge in [-0.3, -0.25) is 4.79 Å². The van der Waals surface area contributed by atoms with Gasteiger partial charge >= 0.3 is 0 Å². The van der Waals surface area contributed by atoms with E-state index in [1.165, 1.54) is 6.42 Å². The van der Waals surface area contributed by atoms with Crippen LogP contribution in [0.2, 0.25) is 0 Å². The van der Waals surface area contributed by atoms with E-state index >= 15 is 0 Å². The van der Waals surface area contributed by atoms with E-state index in [0.29, 0.717) is 24.8 Å². The Morgan fingerprint density at radius 2 is 1.74 bits per heavy atom. The molecular weight excluding hydrogens is 392 g/mol. The third kappa shape index (κ3) is 4.40. The highest BCUT2D eigenvalue weighted by molar-refractivity contribution is 5.78. The van der Waals surface area contributed by atoms with Gasteiger partial charge in [-0.2, -0.15) is 4.98 Å². The number of hydrogen-bond acceptors (Lipinski definition) is 6. The minimum Gasteiger partial charge on any atom is -0.484 e. The number of carbonyl (C=O) groups excluding carboxylic acids is 1. The molecule has 7 heteroatoms. The summed E-state index contributed by atoms with van der Waals surface area (Å²) in [6.07, 6.45) is 3.54. The van der Waals surface area contributed by atoms with E-state index in [1.54, 1.807) is 0 Å². The number of carbonyl (C=O) groups is 1. The number of para-hydroxylation sites is 1. The van der Waals surface area contributed by atoms with Gasteiger partial charge in [-0.05, 0) is 49.2 Å². The van der Waals surface area contributed by atoms with Crippen LogP contribution in [0.4, 0.5) is 5.69 Å².